The van der Waals surface area contributed by atoms with Crippen LogP contribution in [-0.2, 0) is 14.3 Å². The predicted octanol–water partition coefficient (Wildman–Crippen LogP) is 0.705. The summed E-state index contributed by atoms with van der Waals surface area (Å²) >= 11 is 0. The highest BCUT2D eigenvalue weighted by atomic mass is 16.5. The molecule has 0 spiro atoms. The standard InChI is InChI=1S/C14H22N2O3/c1-3-4-8-19-9-7-16-10(2)13(17)15-12(14(16)18)11-5-6-11/h3,10-12H,1,4-9H2,2H3,(H,15,17). The summed E-state index contributed by atoms with van der Waals surface area (Å²) in [5, 5.41) is 2.83. The summed E-state index contributed by atoms with van der Waals surface area (Å²) < 4.78 is 5.42. The zero-order chi connectivity index (χ0) is 13.8. The molecule has 1 heterocycles. The molecule has 1 aliphatic carbocycles. The first-order valence-corrected chi connectivity index (χ1v) is 6.94. The minimum absolute atomic E-state index is 0.0434. The smallest absolute Gasteiger partial charge is 0.246 e. The molecule has 0 aromatic rings. The lowest BCUT2D eigenvalue weighted by Gasteiger charge is -2.37. The minimum atomic E-state index is -0.398. The minimum Gasteiger partial charge on any atom is -0.379 e. The maximum atomic E-state index is 12.3. The molecule has 2 unspecified atom stereocenters. The van der Waals surface area contributed by atoms with E-state index in [1.165, 1.54) is 0 Å². The Morgan fingerprint density at radius 1 is 1.42 bits per heavy atom. The van der Waals surface area contributed by atoms with Crippen molar-refractivity contribution in [2.45, 2.75) is 38.3 Å². The number of nitrogens with zero attached hydrogens (tertiary/aromatic N) is 1. The van der Waals surface area contributed by atoms with E-state index >= 15 is 0 Å². The van der Waals surface area contributed by atoms with E-state index in [2.05, 4.69) is 11.9 Å². The highest BCUT2D eigenvalue weighted by Gasteiger charge is 2.45. The lowest BCUT2D eigenvalue weighted by atomic mass is 10.0. The molecule has 1 saturated heterocycles. The Morgan fingerprint density at radius 2 is 2.16 bits per heavy atom. The van der Waals surface area contributed by atoms with Crippen LogP contribution in [0.25, 0.3) is 0 Å². The highest BCUT2D eigenvalue weighted by Crippen LogP contribution is 2.34. The van der Waals surface area contributed by atoms with Gasteiger partial charge in [-0.25, -0.2) is 0 Å². The van der Waals surface area contributed by atoms with E-state index in [-0.39, 0.29) is 17.9 Å². The zero-order valence-electron chi connectivity index (χ0n) is 11.4. The number of ether oxygens (including phenoxy) is 1. The molecule has 0 bridgehead atoms. The quantitative estimate of drug-likeness (QED) is 0.545. The van der Waals surface area contributed by atoms with Gasteiger partial charge in [-0.2, -0.15) is 0 Å². The molecule has 2 aliphatic rings. The van der Waals surface area contributed by atoms with E-state index in [4.69, 9.17) is 4.74 Å². The van der Waals surface area contributed by atoms with Crippen LogP contribution >= 0.6 is 0 Å². The average molecular weight is 266 g/mol. The van der Waals surface area contributed by atoms with Crippen LogP contribution in [0.5, 0.6) is 0 Å². The van der Waals surface area contributed by atoms with E-state index in [1.54, 1.807) is 17.9 Å². The van der Waals surface area contributed by atoms with Gasteiger partial charge in [-0.15, -0.1) is 6.58 Å². The summed E-state index contributed by atoms with van der Waals surface area (Å²) in [5.74, 6) is 0.331. The van der Waals surface area contributed by atoms with Gasteiger partial charge in [0.2, 0.25) is 11.8 Å². The molecule has 1 aliphatic heterocycles. The summed E-state index contributed by atoms with van der Waals surface area (Å²) in [6.07, 6.45) is 4.67. The SMILES string of the molecule is C=CCCOCCN1C(=O)C(C2CC2)NC(=O)C1C. The molecule has 2 atom stereocenters. The molecule has 0 aromatic carbocycles. The van der Waals surface area contributed by atoms with Crippen molar-refractivity contribution in [2.24, 2.45) is 5.92 Å². The Morgan fingerprint density at radius 3 is 2.79 bits per heavy atom. The number of rotatable bonds is 7. The lowest BCUT2D eigenvalue weighted by Crippen LogP contribution is -2.63. The van der Waals surface area contributed by atoms with Crippen LogP contribution < -0.4 is 5.32 Å². The Kier molecular flexibility index (Phi) is 4.58. The fourth-order valence-corrected chi connectivity index (χ4v) is 2.33. The summed E-state index contributed by atoms with van der Waals surface area (Å²) in [6.45, 7) is 6.94. The number of carbonyl (C=O) groups is 2. The summed E-state index contributed by atoms with van der Waals surface area (Å²) in [4.78, 5) is 25.8. The number of nitrogens with one attached hydrogen (secondary N) is 1. The Hall–Kier alpha value is -1.36. The zero-order valence-corrected chi connectivity index (χ0v) is 11.4. The van der Waals surface area contributed by atoms with Gasteiger partial charge in [0.05, 0.1) is 13.2 Å². The van der Waals surface area contributed by atoms with Crippen molar-refractivity contribution in [1.29, 1.82) is 0 Å². The van der Waals surface area contributed by atoms with Gasteiger partial charge in [-0.3, -0.25) is 9.59 Å². The van der Waals surface area contributed by atoms with Crippen LogP contribution in [-0.4, -0.2) is 48.6 Å². The highest BCUT2D eigenvalue weighted by molar-refractivity contribution is 5.97. The molecule has 0 radical (unpaired) electrons. The predicted molar refractivity (Wildman–Crippen MR) is 71.5 cm³/mol. The first kappa shape index (κ1) is 14.1. The molecule has 5 nitrogen and oxygen atoms in total. The van der Waals surface area contributed by atoms with Gasteiger partial charge in [0.25, 0.3) is 0 Å². The van der Waals surface area contributed by atoms with Gasteiger partial charge < -0.3 is 15.0 Å². The Bertz CT molecular complexity index is 366. The normalized spacial score (nSPS) is 27.3. The molecular formula is C14H22N2O3. The summed E-state index contributed by atoms with van der Waals surface area (Å²) in [7, 11) is 0. The van der Waals surface area contributed by atoms with Crippen molar-refractivity contribution in [3.05, 3.63) is 12.7 Å². The molecule has 0 aromatic heterocycles. The van der Waals surface area contributed by atoms with Gasteiger partial charge in [-0.1, -0.05) is 6.08 Å². The Balaban J connectivity index is 1.86. The van der Waals surface area contributed by atoms with Gasteiger partial charge >= 0.3 is 0 Å². The third kappa shape index (κ3) is 3.35. The van der Waals surface area contributed by atoms with Crippen molar-refractivity contribution in [1.82, 2.24) is 10.2 Å². The van der Waals surface area contributed by atoms with Gasteiger partial charge in [0.15, 0.2) is 0 Å². The van der Waals surface area contributed by atoms with Crippen molar-refractivity contribution in [3.63, 3.8) is 0 Å². The average Bonchev–Trinajstić information content (AvgIpc) is 3.21. The number of hydrogen-bond acceptors (Lipinski definition) is 3. The molecule has 19 heavy (non-hydrogen) atoms. The van der Waals surface area contributed by atoms with Crippen molar-refractivity contribution in [2.75, 3.05) is 19.8 Å². The topological polar surface area (TPSA) is 58.6 Å². The second-order valence-corrected chi connectivity index (χ2v) is 5.22. The van der Waals surface area contributed by atoms with E-state index in [1.807, 2.05) is 0 Å². The number of carbonyl (C=O) groups excluding carboxylic acids is 2. The monoisotopic (exact) mass is 266 g/mol. The van der Waals surface area contributed by atoms with Gasteiger partial charge in [-0.05, 0) is 32.1 Å². The van der Waals surface area contributed by atoms with Crippen LogP contribution in [0.15, 0.2) is 12.7 Å². The van der Waals surface area contributed by atoms with Crippen LogP contribution in [0, 0.1) is 5.92 Å². The van der Waals surface area contributed by atoms with E-state index in [0.29, 0.717) is 25.7 Å². The molecule has 2 amide bonds. The van der Waals surface area contributed by atoms with Crippen molar-refractivity contribution < 1.29 is 14.3 Å². The number of amides is 2. The van der Waals surface area contributed by atoms with Crippen LogP contribution in [0.3, 0.4) is 0 Å². The third-order valence-corrected chi connectivity index (χ3v) is 3.73. The van der Waals surface area contributed by atoms with Crippen LogP contribution in [0.1, 0.15) is 26.2 Å². The fraction of sp³-hybridized carbons (Fsp3) is 0.714. The summed E-state index contributed by atoms with van der Waals surface area (Å²) in [6, 6.07) is -0.706. The number of hydrogen-bond donors (Lipinski definition) is 1. The lowest BCUT2D eigenvalue weighted by molar-refractivity contribution is -0.150. The maximum absolute atomic E-state index is 12.3. The van der Waals surface area contributed by atoms with E-state index in [9.17, 15) is 9.59 Å². The van der Waals surface area contributed by atoms with Crippen molar-refractivity contribution in [3.8, 4) is 0 Å². The second-order valence-electron chi connectivity index (χ2n) is 5.22. The first-order valence-electron chi connectivity index (χ1n) is 6.94. The molecule has 2 fully saturated rings. The first-order chi connectivity index (χ1) is 9.15. The van der Waals surface area contributed by atoms with Crippen LogP contribution in [0.2, 0.25) is 0 Å². The number of piperazine rings is 1. The fourth-order valence-electron chi connectivity index (χ4n) is 2.33. The van der Waals surface area contributed by atoms with Gasteiger partial charge in [0, 0.05) is 6.54 Å². The maximum Gasteiger partial charge on any atom is 0.246 e. The van der Waals surface area contributed by atoms with Crippen LogP contribution in [0.4, 0.5) is 0 Å². The summed E-state index contributed by atoms with van der Waals surface area (Å²) in [5.41, 5.74) is 0. The molecule has 1 N–H and O–H groups in total. The Labute approximate surface area is 114 Å². The van der Waals surface area contributed by atoms with Gasteiger partial charge in [0.1, 0.15) is 12.1 Å². The molecule has 1 saturated carbocycles. The molecule has 5 heteroatoms. The third-order valence-electron chi connectivity index (χ3n) is 3.73. The van der Waals surface area contributed by atoms with E-state index < -0.39 is 6.04 Å². The largest absolute Gasteiger partial charge is 0.379 e. The van der Waals surface area contributed by atoms with E-state index in [0.717, 1.165) is 19.3 Å². The molecular weight excluding hydrogens is 244 g/mol. The van der Waals surface area contributed by atoms with Crippen molar-refractivity contribution >= 4 is 11.8 Å². The molecule has 106 valence electrons. The molecule has 2 rings (SSSR count). The second kappa shape index (κ2) is 6.19.